The molecule has 0 aliphatic carbocycles. The Bertz CT molecular complexity index is 632. The average molecular weight is 346 g/mol. The number of anilines is 1. The molecule has 24 heavy (non-hydrogen) atoms. The summed E-state index contributed by atoms with van der Waals surface area (Å²) in [5.41, 5.74) is 2.85. The van der Waals surface area contributed by atoms with E-state index in [4.69, 9.17) is 0 Å². The molecule has 2 heterocycles. The lowest BCUT2D eigenvalue weighted by atomic mass is 10.1. The third-order valence-corrected chi connectivity index (χ3v) is 6.11. The fourth-order valence-electron chi connectivity index (χ4n) is 3.70. The van der Waals surface area contributed by atoms with Crippen molar-refractivity contribution in [2.24, 2.45) is 0 Å². The SMILES string of the molecule is CCS[C@H]1CCCCN(C(=O)c2ccc3c(c2)CCN3C(C)=O)C1. The highest BCUT2D eigenvalue weighted by molar-refractivity contribution is 7.99. The van der Waals surface area contributed by atoms with Crippen molar-refractivity contribution in [2.75, 3.05) is 30.3 Å². The molecule has 1 aromatic rings. The zero-order chi connectivity index (χ0) is 17.1. The molecular weight excluding hydrogens is 320 g/mol. The van der Waals surface area contributed by atoms with Crippen molar-refractivity contribution in [3.63, 3.8) is 0 Å². The van der Waals surface area contributed by atoms with Crippen LogP contribution in [0.1, 0.15) is 49.0 Å². The first kappa shape index (κ1) is 17.3. The number of carbonyl (C=O) groups excluding carboxylic acids is 2. The van der Waals surface area contributed by atoms with E-state index < -0.39 is 0 Å². The van der Waals surface area contributed by atoms with Crippen molar-refractivity contribution in [3.05, 3.63) is 29.3 Å². The van der Waals surface area contributed by atoms with E-state index in [1.807, 2.05) is 34.9 Å². The second-order valence-corrected chi connectivity index (χ2v) is 8.17. The zero-order valence-corrected chi connectivity index (χ0v) is 15.4. The quantitative estimate of drug-likeness (QED) is 0.843. The third-order valence-electron chi connectivity index (χ3n) is 4.92. The maximum Gasteiger partial charge on any atom is 0.253 e. The molecule has 0 unspecified atom stereocenters. The van der Waals surface area contributed by atoms with Gasteiger partial charge in [0.15, 0.2) is 0 Å². The van der Waals surface area contributed by atoms with Crippen molar-refractivity contribution in [1.82, 2.24) is 4.90 Å². The number of fused-ring (bicyclic) bond motifs is 1. The maximum atomic E-state index is 13.0. The molecule has 0 N–H and O–H groups in total. The van der Waals surface area contributed by atoms with E-state index in [-0.39, 0.29) is 11.8 Å². The van der Waals surface area contributed by atoms with E-state index in [0.717, 1.165) is 55.0 Å². The molecule has 3 rings (SSSR count). The van der Waals surface area contributed by atoms with E-state index in [1.165, 1.54) is 12.8 Å². The fraction of sp³-hybridized carbons (Fsp3) is 0.579. The van der Waals surface area contributed by atoms with Gasteiger partial charge in [0, 0.05) is 43.1 Å². The first-order valence-corrected chi connectivity index (χ1v) is 9.97. The van der Waals surface area contributed by atoms with Gasteiger partial charge in [-0.05, 0) is 48.8 Å². The molecule has 1 saturated heterocycles. The Morgan fingerprint density at radius 2 is 2.08 bits per heavy atom. The van der Waals surface area contributed by atoms with Gasteiger partial charge in [0.25, 0.3) is 5.91 Å². The van der Waals surface area contributed by atoms with Crippen molar-refractivity contribution in [3.8, 4) is 0 Å². The highest BCUT2D eigenvalue weighted by Crippen LogP contribution is 2.30. The molecule has 4 nitrogen and oxygen atoms in total. The summed E-state index contributed by atoms with van der Waals surface area (Å²) < 4.78 is 0. The van der Waals surface area contributed by atoms with Crippen LogP contribution in [0.5, 0.6) is 0 Å². The summed E-state index contributed by atoms with van der Waals surface area (Å²) in [4.78, 5) is 28.4. The van der Waals surface area contributed by atoms with Crippen molar-refractivity contribution in [2.45, 2.75) is 44.8 Å². The van der Waals surface area contributed by atoms with Crippen LogP contribution in [0.3, 0.4) is 0 Å². The number of likely N-dealkylation sites (tertiary alicyclic amines) is 1. The van der Waals surface area contributed by atoms with Crippen LogP contribution in [-0.2, 0) is 11.2 Å². The third kappa shape index (κ3) is 3.61. The highest BCUT2D eigenvalue weighted by atomic mass is 32.2. The summed E-state index contributed by atoms with van der Waals surface area (Å²) in [5.74, 6) is 1.31. The van der Waals surface area contributed by atoms with Gasteiger partial charge in [-0.2, -0.15) is 11.8 Å². The molecule has 2 aliphatic rings. The molecule has 2 amide bonds. The second kappa shape index (κ2) is 7.60. The van der Waals surface area contributed by atoms with Gasteiger partial charge in [0.1, 0.15) is 0 Å². The van der Waals surface area contributed by atoms with Crippen LogP contribution in [0.25, 0.3) is 0 Å². The molecule has 0 bridgehead atoms. The monoisotopic (exact) mass is 346 g/mol. The molecule has 130 valence electrons. The molecule has 0 radical (unpaired) electrons. The predicted molar refractivity (Wildman–Crippen MR) is 99.8 cm³/mol. The molecule has 1 fully saturated rings. The van der Waals surface area contributed by atoms with Gasteiger partial charge >= 0.3 is 0 Å². The summed E-state index contributed by atoms with van der Waals surface area (Å²) in [6.07, 6.45) is 4.35. The lowest BCUT2D eigenvalue weighted by Gasteiger charge is -2.24. The Labute approximate surface area is 148 Å². The zero-order valence-electron chi connectivity index (χ0n) is 14.6. The van der Waals surface area contributed by atoms with Gasteiger partial charge in [-0.25, -0.2) is 0 Å². The minimum absolute atomic E-state index is 0.0692. The number of benzene rings is 1. The van der Waals surface area contributed by atoms with Gasteiger partial charge in [-0.15, -0.1) is 0 Å². The Morgan fingerprint density at radius 1 is 1.25 bits per heavy atom. The van der Waals surface area contributed by atoms with Crippen LogP contribution in [-0.4, -0.2) is 47.4 Å². The Hall–Kier alpha value is -1.49. The summed E-state index contributed by atoms with van der Waals surface area (Å²) in [6, 6.07) is 5.82. The van der Waals surface area contributed by atoms with Crippen LogP contribution in [0.15, 0.2) is 18.2 Å². The summed E-state index contributed by atoms with van der Waals surface area (Å²) in [7, 11) is 0. The molecule has 0 aromatic heterocycles. The van der Waals surface area contributed by atoms with Crippen molar-refractivity contribution < 1.29 is 9.59 Å². The van der Waals surface area contributed by atoms with Crippen LogP contribution in [0.2, 0.25) is 0 Å². The summed E-state index contributed by atoms with van der Waals surface area (Å²) in [5, 5.41) is 0.559. The minimum atomic E-state index is 0.0692. The van der Waals surface area contributed by atoms with Crippen molar-refractivity contribution in [1.29, 1.82) is 0 Å². The first-order chi connectivity index (χ1) is 11.6. The number of hydrogen-bond donors (Lipinski definition) is 0. The minimum Gasteiger partial charge on any atom is -0.338 e. The molecule has 0 saturated carbocycles. The molecule has 1 aromatic carbocycles. The number of thioether (sulfide) groups is 1. The van der Waals surface area contributed by atoms with E-state index in [0.29, 0.717) is 5.25 Å². The Balaban J connectivity index is 1.76. The lowest BCUT2D eigenvalue weighted by molar-refractivity contribution is -0.116. The molecule has 0 spiro atoms. The molecule has 5 heteroatoms. The summed E-state index contributed by atoms with van der Waals surface area (Å²) in [6.45, 7) is 6.21. The lowest BCUT2D eigenvalue weighted by Crippen LogP contribution is -2.35. The number of nitrogens with zero attached hydrogens (tertiary/aromatic N) is 2. The number of hydrogen-bond acceptors (Lipinski definition) is 3. The van der Waals surface area contributed by atoms with E-state index in [9.17, 15) is 9.59 Å². The fourth-order valence-corrected chi connectivity index (χ4v) is 4.79. The second-order valence-electron chi connectivity index (χ2n) is 6.59. The molecule has 1 atom stereocenters. The highest BCUT2D eigenvalue weighted by Gasteiger charge is 2.26. The average Bonchev–Trinajstić information content (AvgIpc) is 2.86. The van der Waals surface area contributed by atoms with Gasteiger partial charge < -0.3 is 9.80 Å². The van der Waals surface area contributed by atoms with E-state index in [2.05, 4.69) is 6.92 Å². The van der Waals surface area contributed by atoms with E-state index >= 15 is 0 Å². The summed E-state index contributed by atoms with van der Waals surface area (Å²) >= 11 is 1.97. The molecule has 2 aliphatic heterocycles. The van der Waals surface area contributed by atoms with Crippen LogP contribution >= 0.6 is 11.8 Å². The number of amides is 2. The van der Waals surface area contributed by atoms with Gasteiger partial charge in [0.05, 0.1) is 0 Å². The topological polar surface area (TPSA) is 40.6 Å². The smallest absolute Gasteiger partial charge is 0.253 e. The Morgan fingerprint density at radius 3 is 2.83 bits per heavy atom. The predicted octanol–water partition coefficient (Wildman–Crippen LogP) is 3.34. The van der Waals surface area contributed by atoms with Gasteiger partial charge in [-0.3, -0.25) is 9.59 Å². The van der Waals surface area contributed by atoms with Crippen LogP contribution < -0.4 is 4.90 Å². The normalized spacial score (nSPS) is 20.7. The van der Waals surface area contributed by atoms with Gasteiger partial charge in [-0.1, -0.05) is 13.3 Å². The van der Waals surface area contributed by atoms with Crippen molar-refractivity contribution >= 4 is 29.3 Å². The standard InChI is InChI=1S/C19H26N2O2S/c1-3-24-17-6-4-5-10-20(13-17)19(23)16-7-8-18-15(12-16)9-11-21(18)14(2)22/h7-8,12,17H,3-6,9-11,13H2,1-2H3/t17-/m0/s1. The van der Waals surface area contributed by atoms with E-state index in [1.54, 1.807) is 11.8 Å². The van der Waals surface area contributed by atoms with Gasteiger partial charge in [0.2, 0.25) is 5.91 Å². The Kier molecular flexibility index (Phi) is 5.49. The first-order valence-electron chi connectivity index (χ1n) is 8.92. The maximum absolute atomic E-state index is 13.0. The van der Waals surface area contributed by atoms with Crippen LogP contribution in [0, 0.1) is 0 Å². The number of rotatable bonds is 3. The number of carbonyl (C=O) groups is 2. The largest absolute Gasteiger partial charge is 0.338 e. The molecular formula is C19H26N2O2S. The van der Waals surface area contributed by atoms with Crippen LogP contribution in [0.4, 0.5) is 5.69 Å².